The van der Waals surface area contributed by atoms with E-state index in [2.05, 4.69) is 29.6 Å². The van der Waals surface area contributed by atoms with Gasteiger partial charge in [-0.25, -0.2) is 0 Å². The highest BCUT2D eigenvalue weighted by Gasteiger charge is 2.18. The number of carbonyl (C=O) groups excluding carboxylic acids is 1. The number of amides is 1. The number of rotatable bonds is 5. The zero-order chi connectivity index (χ0) is 16.8. The van der Waals surface area contributed by atoms with Crippen molar-refractivity contribution in [2.45, 2.75) is 19.3 Å². The van der Waals surface area contributed by atoms with E-state index >= 15 is 0 Å². The third-order valence-corrected chi connectivity index (χ3v) is 4.10. The second-order valence-electron chi connectivity index (χ2n) is 6.00. The predicted molar refractivity (Wildman–Crippen MR) is 99.2 cm³/mol. The molecule has 0 bridgehead atoms. The molecule has 3 aromatic carbocycles. The van der Waals surface area contributed by atoms with Crippen LogP contribution < -0.4 is 5.32 Å². The molecule has 0 spiro atoms. The summed E-state index contributed by atoms with van der Waals surface area (Å²) in [5, 5.41) is 3.01. The minimum Gasteiger partial charge on any atom is -0.326 e. The zero-order valence-corrected chi connectivity index (χ0v) is 13.8. The number of hydrogen-bond acceptors (Lipinski definition) is 1. The van der Waals surface area contributed by atoms with Crippen molar-refractivity contribution in [1.29, 1.82) is 0 Å². The highest BCUT2D eigenvalue weighted by molar-refractivity contribution is 5.91. The van der Waals surface area contributed by atoms with Gasteiger partial charge in [-0.3, -0.25) is 4.79 Å². The molecular formula is C22H21NO. The molecule has 24 heavy (non-hydrogen) atoms. The average molecular weight is 315 g/mol. The maximum atomic E-state index is 12.6. The molecule has 0 aliphatic heterocycles. The van der Waals surface area contributed by atoms with Crippen LogP contribution in [0.4, 0.5) is 5.69 Å². The Morgan fingerprint density at radius 2 is 1.42 bits per heavy atom. The lowest BCUT2D eigenvalue weighted by Gasteiger charge is -2.18. The summed E-state index contributed by atoms with van der Waals surface area (Å²) in [5.74, 6) is 0.0792. The SMILES string of the molecule is Cc1cccc(NC(=O)CC(c2ccccc2)c2ccccc2)c1. The first-order valence-corrected chi connectivity index (χ1v) is 8.19. The van der Waals surface area contributed by atoms with Gasteiger partial charge in [0.1, 0.15) is 0 Å². The monoisotopic (exact) mass is 315 g/mol. The lowest BCUT2D eigenvalue weighted by Crippen LogP contribution is -2.16. The lowest BCUT2D eigenvalue weighted by molar-refractivity contribution is -0.116. The van der Waals surface area contributed by atoms with Crippen molar-refractivity contribution < 1.29 is 4.79 Å². The van der Waals surface area contributed by atoms with Crippen LogP contribution >= 0.6 is 0 Å². The van der Waals surface area contributed by atoms with Crippen molar-refractivity contribution in [2.75, 3.05) is 5.32 Å². The van der Waals surface area contributed by atoms with Crippen molar-refractivity contribution in [1.82, 2.24) is 0 Å². The molecule has 120 valence electrons. The summed E-state index contributed by atoms with van der Waals surface area (Å²) >= 11 is 0. The fourth-order valence-corrected chi connectivity index (χ4v) is 2.92. The standard InChI is InChI=1S/C22H21NO/c1-17-9-8-14-20(15-17)23-22(24)16-21(18-10-4-2-5-11-18)19-12-6-3-7-13-19/h2-15,21H,16H2,1H3,(H,23,24). The van der Waals surface area contributed by atoms with E-state index in [1.165, 1.54) is 0 Å². The van der Waals surface area contributed by atoms with E-state index < -0.39 is 0 Å². The Hall–Kier alpha value is -2.87. The zero-order valence-electron chi connectivity index (χ0n) is 13.8. The second kappa shape index (κ2) is 7.60. The molecule has 2 heteroatoms. The van der Waals surface area contributed by atoms with E-state index in [1.54, 1.807) is 0 Å². The number of aryl methyl sites for hydroxylation is 1. The Morgan fingerprint density at radius 1 is 0.833 bits per heavy atom. The van der Waals surface area contributed by atoms with Crippen LogP contribution in [0.1, 0.15) is 29.0 Å². The van der Waals surface area contributed by atoms with Gasteiger partial charge in [-0.15, -0.1) is 0 Å². The Kier molecular flexibility index (Phi) is 5.07. The first-order valence-electron chi connectivity index (χ1n) is 8.19. The summed E-state index contributed by atoms with van der Waals surface area (Å²) in [4.78, 5) is 12.6. The van der Waals surface area contributed by atoms with Gasteiger partial charge >= 0.3 is 0 Å². The molecule has 0 aliphatic rings. The van der Waals surface area contributed by atoms with Crippen molar-refractivity contribution in [3.63, 3.8) is 0 Å². The lowest BCUT2D eigenvalue weighted by atomic mass is 9.88. The molecule has 3 aromatic rings. The molecule has 0 aromatic heterocycles. The molecule has 0 atom stereocenters. The summed E-state index contributed by atoms with van der Waals surface area (Å²) in [6.45, 7) is 2.02. The summed E-state index contributed by atoms with van der Waals surface area (Å²) in [5.41, 5.74) is 4.29. The molecule has 2 nitrogen and oxygen atoms in total. The van der Waals surface area contributed by atoms with Gasteiger partial charge in [-0.05, 0) is 35.7 Å². The Labute approximate surface area is 143 Å². The molecule has 0 radical (unpaired) electrons. The van der Waals surface area contributed by atoms with Crippen LogP contribution in [0.5, 0.6) is 0 Å². The molecule has 0 unspecified atom stereocenters. The number of hydrogen-bond donors (Lipinski definition) is 1. The minimum atomic E-state index is 0.0262. The van der Waals surface area contributed by atoms with Crippen LogP contribution in [0.25, 0.3) is 0 Å². The van der Waals surface area contributed by atoms with Crippen molar-refractivity contribution in [3.8, 4) is 0 Å². The van der Waals surface area contributed by atoms with Crippen molar-refractivity contribution in [2.24, 2.45) is 0 Å². The number of anilines is 1. The third-order valence-electron chi connectivity index (χ3n) is 4.10. The van der Waals surface area contributed by atoms with Crippen LogP contribution in [0.15, 0.2) is 84.9 Å². The van der Waals surface area contributed by atoms with E-state index in [9.17, 15) is 4.79 Å². The van der Waals surface area contributed by atoms with E-state index in [0.29, 0.717) is 6.42 Å². The maximum absolute atomic E-state index is 12.6. The minimum absolute atomic E-state index is 0.0262. The van der Waals surface area contributed by atoms with Crippen LogP contribution in [0.3, 0.4) is 0 Å². The first kappa shape index (κ1) is 16.0. The van der Waals surface area contributed by atoms with Gasteiger partial charge in [-0.1, -0.05) is 72.8 Å². The summed E-state index contributed by atoms with van der Waals surface area (Å²) in [6, 6.07) is 28.3. The average Bonchev–Trinajstić information content (AvgIpc) is 2.61. The van der Waals surface area contributed by atoms with Crippen LogP contribution in [-0.2, 0) is 4.79 Å². The van der Waals surface area contributed by atoms with Gasteiger partial charge in [0.25, 0.3) is 0 Å². The highest BCUT2D eigenvalue weighted by atomic mass is 16.1. The third kappa shape index (κ3) is 4.11. The normalized spacial score (nSPS) is 10.6. The van der Waals surface area contributed by atoms with Gasteiger partial charge in [0, 0.05) is 18.0 Å². The highest BCUT2D eigenvalue weighted by Crippen LogP contribution is 2.28. The molecule has 0 heterocycles. The van der Waals surface area contributed by atoms with E-state index in [4.69, 9.17) is 0 Å². The number of carbonyl (C=O) groups is 1. The van der Waals surface area contributed by atoms with Crippen LogP contribution in [-0.4, -0.2) is 5.91 Å². The topological polar surface area (TPSA) is 29.1 Å². The van der Waals surface area contributed by atoms with Gasteiger partial charge in [0.15, 0.2) is 0 Å². The maximum Gasteiger partial charge on any atom is 0.225 e. The van der Waals surface area contributed by atoms with Crippen LogP contribution in [0.2, 0.25) is 0 Å². The van der Waals surface area contributed by atoms with E-state index in [-0.39, 0.29) is 11.8 Å². The molecule has 0 aliphatic carbocycles. The smallest absolute Gasteiger partial charge is 0.225 e. The van der Waals surface area contributed by atoms with Gasteiger partial charge in [0.2, 0.25) is 5.91 Å². The van der Waals surface area contributed by atoms with Crippen molar-refractivity contribution >= 4 is 11.6 Å². The summed E-state index contributed by atoms with van der Waals surface area (Å²) in [6.07, 6.45) is 0.419. The second-order valence-corrected chi connectivity index (χ2v) is 6.00. The van der Waals surface area contributed by atoms with Gasteiger partial charge in [0.05, 0.1) is 0 Å². The number of benzene rings is 3. The van der Waals surface area contributed by atoms with Gasteiger partial charge < -0.3 is 5.32 Å². The molecule has 0 saturated carbocycles. The Balaban J connectivity index is 1.80. The van der Waals surface area contributed by atoms with E-state index in [0.717, 1.165) is 22.4 Å². The molecular weight excluding hydrogens is 294 g/mol. The summed E-state index contributed by atoms with van der Waals surface area (Å²) in [7, 11) is 0. The van der Waals surface area contributed by atoms with E-state index in [1.807, 2.05) is 67.6 Å². The molecule has 3 rings (SSSR count). The Morgan fingerprint density at radius 3 is 1.96 bits per heavy atom. The van der Waals surface area contributed by atoms with Gasteiger partial charge in [-0.2, -0.15) is 0 Å². The summed E-state index contributed by atoms with van der Waals surface area (Å²) < 4.78 is 0. The largest absolute Gasteiger partial charge is 0.326 e. The predicted octanol–water partition coefficient (Wildman–Crippen LogP) is 5.16. The fourth-order valence-electron chi connectivity index (χ4n) is 2.92. The van der Waals surface area contributed by atoms with Crippen molar-refractivity contribution in [3.05, 3.63) is 102 Å². The quantitative estimate of drug-likeness (QED) is 0.692. The number of nitrogens with one attached hydrogen (secondary N) is 1. The molecule has 1 N–H and O–H groups in total. The first-order chi connectivity index (χ1) is 11.7. The fraction of sp³-hybridized carbons (Fsp3) is 0.136. The van der Waals surface area contributed by atoms with Crippen LogP contribution in [0, 0.1) is 6.92 Å². The molecule has 0 fully saturated rings. The Bertz CT molecular complexity index is 757. The molecule has 0 saturated heterocycles. The molecule has 1 amide bonds.